The highest BCUT2D eigenvalue weighted by Gasteiger charge is 2.19. The van der Waals surface area contributed by atoms with E-state index in [0.29, 0.717) is 22.9 Å². The maximum absolute atomic E-state index is 14.7. The second-order valence-corrected chi connectivity index (χ2v) is 7.09. The molecule has 0 aromatic heterocycles. The SMILES string of the molecule is CCCCCc1ccc(-c2cc3ccc(CCC)c(F)c3c(F)c2F)cc1. The van der Waals surface area contributed by atoms with Crippen LogP contribution in [0.3, 0.4) is 0 Å². The van der Waals surface area contributed by atoms with Gasteiger partial charge in [0.25, 0.3) is 0 Å². The molecule has 3 aromatic carbocycles. The quantitative estimate of drug-likeness (QED) is 0.375. The van der Waals surface area contributed by atoms with E-state index in [1.54, 1.807) is 18.2 Å². The maximum atomic E-state index is 14.7. The lowest BCUT2D eigenvalue weighted by Crippen LogP contribution is -1.98. The Morgan fingerprint density at radius 1 is 0.704 bits per heavy atom. The van der Waals surface area contributed by atoms with Crippen LogP contribution >= 0.6 is 0 Å². The van der Waals surface area contributed by atoms with Crippen molar-refractivity contribution in [2.24, 2.45) is 0 Å². The van der Waals surface area contributed by atoms with Gasteiger partial charge in [-0.3, -0.25) is 0 Å². The van der Waals surface area contributed by atoms with Crippen LogP contribution in [0, 0.1) is 17.5 Å². The van der Waals surface area contributed by atoms with Crippen LogP contribution in [0.5, 0.6) is 0 Å². The van der Waals surface area contributed by atoms with Gasteiger partial charge in [-0.05, 0) is 47.4 Å². The molecular weight excluding hydrogens is 345 g/mol. The molecule has 0 unspecified atom stereocenters. The van der Waals surface area contributed by atoms with Gasteiger partial charge < -0.3 is 0 Å². The Morgan fingerprint density at radius 2 is 1.44 bits per heavy atom. The molecule has 0 N–H and O–H groups in total. The van der Waals surface area contributed by atoms with Gasteiger partial charge in [0.05, 0.1) is 5.39 Å². The van der Waals surface area contributed by atoms with Crippen molar-refractivity contribution in [3.05, 3.63) is 71.0 Å². The molecule has 0 bridgehead atoms. The van der Waals surface area contributed by atoms with E-state index in [4.69, 9.17) is 0 Å². The van der Waals surface area contributed by atoms with Gasteiger partial charge in [-0.2, -0.15) is 0 Å². The van der Waals surface area contributed by atoms with Gasteiger partial charge in [0, 0.05) is 5.56 Å². The molecule has 0 amide bonds. The van der Waals surface area contributed by atoms with Crippen molar-refractivity contribution in [1.82, 2.24) is 0 Å². The zero-order chi connectivity index (χ0) is 19.4. The van der Waals surface area contributed by atoms with E-state index in [2.05, 4.69) is 6.92 Å². The van der Waals surface area contributed by atoms with Crippen molar-refractivity contribution in [2.45, 2.75) is 52.4 Å². The number of hydrogen-bond donors (Lipinski definition) is 0. The second-order valence-electron chi connectivity index (χ2n) is 7.09. The lowest BCUT2D eigenvalue weighted by molar-refractivity contribution is 0.513. The molecule has 3 rings (SSSR count). The van der Waals surface area contributed by atoms with Crippen molar-refractivity contribution in [3.63, 3.8) is 0 Å². The second kappa shape index (κ2) is 8.60. The molecule has 3 aromatic rings. The summed E-state index contributed by atoms with van der Waals surface area (Å²) in [6.45, 7) is 4.09. The Kier molecular flexibility index (Phi) is 6.20. The maximum Gasteiger partial charge on any atom is 0.170 e. The summed E-state index contributed by atoms with van der Waals surface area (Å²) in [5.74, 6) is -2.75. The number of unbranched alkanes of at least 4 members (excludes halogenated alkanes) is 2. The van der Waals surface area contributed by atoms with E-state index in [9.17, 15) is 13.2 Å². The Hall–Kier alpha value is -2.29. The van der Waals surface area contributed by atoms with E-state index in [-0.39, 0.29) is 10.9 Å². The van der Waals surface area contributed by atoms with E-state index < -0.39 is 17.5 Å². The molecule has 0 saturated carbocycles. The minimum absolute atomic E-state index is 0.169. The van der Waals surface area contributed by atoms with Crippen molar-refractivity contribution < 1.29 is 13.2 Å². The Labute approximate surface area is 159 Å². The molecule has 0 fully saturated rings. The number of benzene rings is 3. The minimum atomic E-state index is -1.11. The zero-order valence-corrected chi connectivity index (χ0v) is 15.9. The molecule has 0 spiro atoms. The molecule has 0 heterocycles. The average molecular weight is 370 g/mol. The highest BCUT2D eigenvalue weighted by atomic mass is 19.2. The molecule has 0 aliphatic heterocycles. The number of hydrogen-bond acceptors (Lipinski definition) is 0. The Bertz CT molecular complexity index is 927. The molecule has 0 nitrogen and oxygen atoms in total. The largest absolute Gasteiger partial charge is 0.206 e. The van der Waals surface area contributed by atoms with Crippen LogP contribution in [0.2, 0.25) is 0 Å². The Morgan fingerprint density at radius 3 is 2.11 bits per heavy atom. The first-order valence-electron chi connectivity index (χ1n) is 9.75. The third kappa shape index (κ3) is 4.02. The zero-order valence-electron chi connectivity index (χ0n) is 15.9. The molecule has 0 aliphatic carbocycles. The first-order chi connectivity index (χ1) is 13.1. The van der Waals surface area contributed by atoms with Crippen LogP contribution in [0.25, 0.3) is 21.9 Å². The van der Waals surface area contributed by atoms with Gasteiger partial charge >= 0.3 is 0 Å². The van der Waals surface area contributed by atoms with Gasteiger partial charge in [-0.25, -0.2) is 13.2 Å². The fourth-order valence-corrected chi connectivity index (χ4v) is 3.53. The first-order valence-corrected chi connectivity index (χ1v) is 9.75. The molecule has 27 heavy (non-hydrogen) atoms. The van der Waals surface area contributed by atoms with Crippen LogP contribution < -0.4 is 0 Å². The van der Waals surface area contributed by atoms with Crippen LogP contribution in [0.1, 0.15) is 50.7 Å². The summed E-state index contributed by atoms with van der Waals surface area (Å²) in [7, 11) is 0. The van der Waals surface area contributed by atoms with Gasteiger partial charge in [0.1, 0.15) is 5.82 Å². The van der Waals surface area contributed by atoms with E-state index in [0.717, 1.165) is 25.7 Å². The summed E-state index contributed by atoms with van der Waals surface area (Å²) in [5, 5.41) is 0.131. The highest BCUT2D eigenvalue weighted by molar-refractivity contribution is 5.89. The lowest BCUT2D eigenvalue weighted by atomic mass is 9.96. The average Bonchev–Trinajstić information content (AvgIpc) is 2.67. The van der Waals surface area contributed by atoms with Crippen LogP contribution in [0.15, 0.2) is 42.5 Å². The topological polar surface area (TPSA) is 0 Å². The number of rotatable bonds is 7. The minimum Gasteiger partial charge on any atom is -0.206 e. The number of fused-ring (bicyclic) bond motifs is 1. The predicted molar refractivity (Wildman–Crippen MR) is 106 cm³/mol. The molecule has 3 heteroatoms. The third-order valence-electron chi connectivity index (χ3n) is 5.06. The summed E-state index contributed by atoms with van der Waals surface area (Å²) in [5.41, 5.74) is 2.38. The predicted octanol–water partition coefficient (Wildman–Crippen LogP) is 7.61. The van der Waals surface area contributed by atoms with Crippen molar-refractivity contribution >= 4 is 10.8 Å². The summed E-state index contributed by atoms with van der Waals surface area (Å²) in [6, 6.07) is 12.4. The summed E-state index contributed by atoms with van der Waals surface area (Å²) in [4.78, 5) is 0. The Balaban J connectivity index is 2.00. The summed E-state index contributed by atoms with van der Waals surface area (Å²) in [6.07, 6.45) is 5.69. The van der Waals surface area contributed by atoms with Crippen LogP contribution in [0.4, 0.5) is 13.2 Å². The first kappa shape index (κ1) is 19.5. The molecule has 0 atom stereocenters. The summed E-state index contributed by atoms with van der Waals surface area (Å²) < 4.78 is 44.0. The highest BCUT2D eigenvalue weighted by Crippen LogP contribution is 2.33. The van der Waals surface area contributed by atoms with Crippen molar-refractivity contribution in [2.75, 3.05) is 0 Å². The molecular formula is C24H25F3. The number of halogens is 3. The third-order valence-corrected chi connectivity index (χ3v) is 5.06. The molecule has 142 valence electrons. The van der Waals surface area contributed by atoms with Crippen molar-refractivity contribution in [1.29, 1.82) is 0 Å². The van der Waals surface area contributed by atoms with Crippen LogP contribution in [-0.4, -0.2) is 0 Å². The van der Waals surface area contributed by atoms with Gasteiger partial charge in [-0.1, -0.05) is 69.5 Å². The number of aryl methyl sites for hydroxylation is 2. The smallest absolute Gasteiger partial charge is 0.170 e. The standard InChI is InChI=1S/C24H25F3/c1-3-5-6-8-16-9-11-17(12-10-16)20-15-19-14-13-18(7-4-2)22(25)21(19)24(27)23(20)26/h9-15H,3-8H2,1-2H3. The van der Waals surface area contributed by atoms with E-state index in [1.165, 1.54) is 12.0 Å². The van der Waals surface area contributed by atoms with E-state index in [1.807, 2.05) is 31.2 Å². The van der Waals surface area contributed by atoms with Gasteiger partial charge in [0.15, 0.2) is 11.6 Å². The van der Waals surface area contributed by atoms with E-state index >= 15 is 0 Å². The van der Waals surface area contributed by atoms with Crippen LogP contribution in [-0.2, 0) is 12.8 Å². The lowest BCUT2D eigenvalue weighted by Gasteiger charge is -2.11. The van der Waals surface area contributed by atoms with Gasteiger partial charge in [0.2, 0.25) is 0 Å². The molecule has 0 aliphatic rings. The normalized spacial score (nSPS) is 11.3. The fourth-order valence-electron chi connectivity index (χ4n) is 3.53. The van der Waals surface area contributed by atoms with Crippen molar-refractivity contribution in [3.8, 4) is 11.1 Å². The summed E-state index contributed by atoms with van der Waals surface area (Å²) >= 11 is 0. The monoisotopic (exact) mass is 370 g/mol. The van der Waals surface area contributed by atoms with Gasteiger partial charge in [-0.15, -0.1) is 0 Å². The molecule has 0 saturated heterocycles. The molecule has 0 radical (unpaired) electrons. The fraction of sp³-hybridized carbons (Fsp3) is 0.333.